The van der Waals surface area contributed by atoms with Crippen LogP contribution in [0.1, 0.15) is 6.92 Å². The van der Waals surface area contributed by atoms with Gasteiger partial charge >= 0.3 is 0 Å². The standard InChI is InChI=1S/C13H11ClF2N2/c1-2-18(11-5-3-10(15)4-6-11)13-12(16)7-9(14)8-17-13/h3-8H,2H2,1H3. The number of nitrogens with zero attached hydrogens (tertiary/aromatic N) is 2. The molecule has 5 heteroatoms. The number of aromatic nitrogens is 1. The molecule has 2 rings (SSSR count). The summed E-state index contributed by atoms with van der Waals surface area (Å²) in [5.41, 5.74) is 0.674. The molecule has 0 radical (unpaired) electrons. The molecule has 0 unspecified atom stereocenters. The second kappa shape index (κ2) is 5.31. The van der Waals surface area contributed by atoms with E-state index in [1.54, 1.807) is 17.0 Å². The molecule has 0 bridgehead atoms. The molecule has 0 N–H and O–H groups in total. The van der Waals surface area contributed by atoms with Crippen molar-refractivity contribution in [1.29, 1.82) is 0 Å². The minimum Gasteiger partial charge on any atom is -0.324 e. The summed E-state index contributed by atoms with van der Waals surface area (Å²) in [4.78, 5) is 5.62. The largest absolute Gasteiger partial charge is 0.324 e. The summed E-state index contributed by atoms with van der Waals surface area (Å²) in [5, 5.41) is 0.242. The maximum absolute atomic E-state index is 13.8. The van der Waals surface area contributed by atoms with Gasteiger partial charge in [-0.25, -0.2) is 13.8 Å². The van der Waals surface area contributed by atoms with Crippen molar-refractivity contribution in [2.75, 3.05) is 11.4 Å². The van der Waals surface area contributed by atoms with E-state index in [0.717, 1.165) is 0 Å². The number of hydrogen-bond donors (Lipinski definition) is 0. The molecule has 2 aromatic rings. The van der Waals surface area contributed by atoms with Crippen LogP contribution in [-0.2, 0) is 0 Å². The third kappa shape index (κ3) is 2.59. The Balaban J connectivity index is 2.41. The first-order valence-corrected chi connectivity index (χ1v) is 5.83. The molecular formula is C13H11ClF2N2. The smallest absolute Gasteiger partial charge is 0.169 e. The van der Waals surface area contributed by atoms with Gasteiger partial charge in [-0.05, 0) is 37.3 Å². The highest BCUT2D eigenvalue weighted by molar-refractivity contribution is 6.30. The highest BCUT2D eigenvalue weighted by Crippen LogP contribution is 2.27. The molecule has 1 aromatic heterocycles. The first kappa shape index (κ1) is 12.8. The van der Waals surface area contributed by atoms with Crippen LogP contribution in [-0.4, -0.2) is 11.5 Å². The first-order chi connectivity index (χ1) is 8.61. The van der Waals surface area contributed by atoms with Gasteiger partial charge in [0.1, 0.15) is 5.82 Å². The zero-order chi connectivity index (χ0) is 13.1. The van der Waals surface area contributed by atoms with Gasteiger partial charge in [0.05, 0.1) is 5.02 Å². The maximum Gasteiger partial charge on any atom is 0.169 e. The number of anilines is 2. The zero-order valence-electron chi connectivity index (χ0n) is 9.70. The van der Waals surface area contributed by atoms with Gasteiger partial charge in [-0.1, -0.05) is 11.6 Å². The van der Waals surface area contributed by atoms with Gasteiger partial charge in [-0.2, -0.15) is 0 Å². The molecule has 0 atom stereocenters. The summed E-state index contributed by atoms with van der Waals surface area (Å²) in [7, 11) is 0. The third-order valence-corrected chi connectivity index (χ3v) is 2.71. The first-order valence-electron chi connectivity index (χ1n) is 5.46. The Morgan fingerprint density at radius 2 is 1.89 bits per heavy atom. The van der Waals surface area contributed by atoms with E-state index in [-0.39, 0.29) is 16.7 Å². The van der Waals surface area contributed by atoms with E-state index in [1.165, 1.54) is 24.4 Å². The van der Waals surface area contributed by atoms with E-state index in [2.05, 4.69) is 4.98 Å². The number of pyridine rings is 1. The van der Waals surface area contributed by atoms with E-state index >= 15 is 0 Å². The molecule has 0 aliphatic rings. The van der Waals surface area contributed by atoms with Crippen LogP contribution < -0.4 is 4.90 Å². The molecule has 1 aromatic carbocycles. The van der Waals surface area contributed by atoms with Crippen LogP contribution in [0.5, 0.6) is 0 Å². The van der Waals surface area contributed by atoms with Crippen molar-refractivity contribution in [3.05, 3.63) is 53.2 Å². The van der Waals surface area contributed by atoms with E-state index in [4.69, 9.17) is 11.6 Å². The molecule has 0 saturated heterocycles. The van der Waals surface area contributed by atoms with Crippen LogP contribution in [0.2, 0.25) is 5.02 Å². The van der Waals surface area contributed by atoms with E-state index in [1.807, 2.05) is 6.92 Å². The Bertz CT molecular complexity index is 543. The molecule has 0 amide bonds. The topological polar surface area (TPSA) is 16.1 Å². The average molecular weight is 269 g/mol. The lowest BCUT2D eigenvalue weighted by Gasteiger charge is -2.22. The van der Waals surface area contributed by atoms with Gasteiger partial charge < -0.3 is 4.90 Å². The SMILES string of the molecule is CCN(c1ccc(F)cc1)c1ncc(Cl)cc1F. The molecule has 1 heterocycles. The second-order valence-electron chi connectivity index (χ2n) is 3.68. The Hall–Kier alpha value is -1.68. The summed E-state index contributed by atoms with van der Waals surface area (Å²) in [5.74, 6) is -0.665. The number of hydrogen-bond acceptors (Lipinski definition) is 2. The van der Waals surface area contributed by atoms with Crippen LogP contribution in [0.4, 0.5) is 20.3 Å². The summed E-state index contributed by atoms with van der Waals surface area (Å²) >= 11 is 5.66. The van der Waals surface area contributed by atoms with Crippen molar-refractivity contribution in [3.8, 4) is 0 Å². The molecule has 94 valence electrons. The highest BCUT2D eigenvalue weighted by Gasteiger charge is 2.14. The van der Waals surface area contributed by atoms with Crippen LogP contribution in [0.15, 0.2) is 36.5 Å². The Morgan fingerprint density at radius 1 is 1.22 bits per heavy atom. The number of halogens is 3. The number of benzene rings is 1. The van der Waals surface area contributed by atoms with Gasteiger partial charge in [-0.15, -0.1) is 0 Å². The quantitative estimate of drug-likeness (QED) is 0.830. The lowest BCUT2D eigenvalue weighted by molar-refractivity contribution is 0.618. The van der Waals surface area contributed by atoms with Gasteiger partial charge in [0.2, 0.25) is 0 Å². The minimum absolute atomic E-state index is 0.175. The molecule has 0 spiro atoms. The minimum atomic E-state index is -0.506. The van der Waals surface area contributed by atoms with E-state index < -0.39 is 5.82 Å². The van der Waals surface area contributed by atoms with Crippen LogP contribution in [0.3, 0.4) is 0 Å². The number of rotatable bonds is 3. The Morgan fingerprint density at radius 3 is 2.44 bits per heavy atom. The van der Waals surface area contributed by atoms with Gasteiger partial charge in [0.25, 0.3) is 0 Å². The summed E-state index contributed by atoms with van der Waals surface area (Å²) in [6.45, 7) is 2.37. The molecule has 0 fully saturated rings. The molecule has 0 saturated carbocycles. The van der Waals surface area contributed by atoms with E-state index in [0.29, 0.717) is 12.2 Å². The van der Waals surface area contributed by atoms with E-state index in [9.17, 15) is 8.78 Å². The highest BCUT2D eigenvalue weighted by atomic mass is 35.5. The van der Waals surface area contributed by atoms with Crippen LogP contribution in [0.25, 0.3) is 0 Å². The van der Waals surface area contributed by atoms with Crippen molar-refractivity contribution < 1.29 is 8.78 Å². The van der Waals surface area contributed by atoms with Gasteiger partial charge in [-0.3, -0.25) is 0 Å². The predicted molar refractivity (Wildman–Crippen MR) is 68.3 cm³/mol. The molecular weight excluding hydrogens is 258 g/mol. The summed E-state index contributed by atoms with van der Waals surface area (Å²) in [6.07, 6.45) is 1.38. The fraction of sp³-hybridized carbons (Fsp3) is 0.154. The van der Waals surface area contributed by atoms with Crippen molar-refractivity contribution in [2.24, 2.45) is 0 Å². The zero-order valence-corrected chi connectivity index (χ0v) is 10.5. The Kier molecular flexibility index (Phi) is 3.77. The lowest BCUT2D eigenvalue weighted by Crippen LogP contribution is -2.18. The lowest BCUT2D eigenvalue weighted by atomic mass is 10.2. The summed E-state index contributed by atoms with van der Waals surface area (Å²) in [6, 6.07) is 7.01. The second-order valence-corrected chi connectivity index (χ2v) is 4.12. The van der Waals surface area contributed by atoms with Crippen molar-refractivity contribution in [3.63, 3.8) is 0 Å². The predicted octanol–water partition coefficient (Wildman–Crippen LogP) is 4.17. The fourth-order valence-corrected chi connectivity index (χ4v) is 1.83. The molecule has 18 heavy (non-hydrogen) atoms. The molecule has 0 aliphatic carbocycles. The van der Waals surface area contributed by atoms with Crippen molar-refractivity contribution in [1.82, 2.24) is 4.98 Å². The van der Waals surface area contributed by atoms with Crippen LogP contribution in [0, 0.1) is 11.6 Å². The van der Waals surface area contributed by atoms with Crippen molar-refractivity contribution >= 4 is 23.1 Å². The third-order valence-electron chi connectivity index (χ3n) is 2.50. The van der Waals surface area contributed by atoms with Gasteiger partial charge in [0.15, 0.2) is 11.6 Å². The fourth-order valence-electron chi connectivity index (χ4n) is 1.68. The summed E-state index contributed by atoms with van der Waals surface area (Å²) < 4.78 is 26.7. The average Bonchev–Trinajstić information content (AvgIpc) is 2.35. The molecule has 0 aliphatic heterocycles. The van der Waals surface area contributed by atoms with Crippen LogP contribution >= 0.6 is 11.6 Å². The monoisotopic (exact) mass is 268 g/mol. The van der Waals surface area contributed by atoms with Crippen molar-refractivity contribution in [2.45, 2.75) is 6.92 Å². The Labute approximate surface area is 109 Å². The molecule has 2 nitrogen and oxygen atoms in total. The maximum atomic E-state index is 13.8. The normalized spacial score (nSPS) is 10.4. The van der Waals surface area contributed by atoms with Gasteiger partial charge in [0, 0.05) is 18.4 Å².